The van der Waals surface area contributed by atoms with Crippen molar-refractivity contribution >= 4 is 10.1 Å². The highest BCUT2D eigenvalue weighted by Crippen LogP contribution is 2.50. The Bertz CT molecular complexity index is 544. The van der Waals surface area contributed by atoms with Crippen LogP contribution < -0.4 is 0 Å². The minimum absolute atomic E-state index is 0.00381. The molecule has 0 saturated carbocycles. The Hall–Kier alpha value is -0.790. The molecule has 158 valence electrons. The van der Waals surface area contributed by atoms with Crippen LogP contribution >= 0.6 is 0 Å². The lowest BCUT2D eigenvalue weighted by atomic mass is 10.0. The number of halogens is 10. The Morgan fingerprint density at radius 3 is 1.62 bits per heavy atom. The first-order valence-corrected chi connectivity index (χ1v) is 8.63. The molecule has 3 nitrogen and oxygen atoms in total. The molecule has 0 aromatic rings. The second-order valence-corrected chi connectivity index (χ2v) is 7.04. The smallest absolute Gasteiger partial charge is 0.281 e. The van der Waals surface area contributed by atoms with Crippen molar-refractivity contribution < 1.29 is 56.9 Å². The summed E-state index contributed by atoms with van der Waals surface area (Å²) >= 11 is 0. The molecule has 0 aromatic carbocycles. The Labute approximate surface area is 142 Å². The molecule has 0 aliphatic rings. The monoisotopic (exact) mass is 430 g/mol. The van der Waals surface area contributed by atoms with Crippen molar-refractivity contribution in [1.29, 1.82) is 0 Å². The lowest BCUT2D eigenvalue weighted by molar-refractivity contribution is -0.300. The zero-order valence-corrected chi connectivity index (χ0v) is 13.8. The topological polar surface area (TPSA) is 54.4 Å². The summed E-state index contributed by atoms with van der Waals surface area (Å²) in [5, 5.41) is -6.62. The molecule has 0 bridgehead atoms. The second kappa shape index (κ2) is 8.48. The van der Waals surface area contributed by atoms with Gasteiger partial charge < -0.3 is 0 Å². The number of hydrogen-bond donors (Lipinski definition) is 1. The Morgan fingerprint density at radius 1 is 0.769 bits per heavy atom. The molecular formula is C12H16F10O3S. The first kappa shape index (κ1) is 25.2. The molecule has 14 heteroatoms. The summed E-state index contributed by atoms with van der Waals surface area (Å²) < 4.78 is 156. The maximum absolute atomic E-state index is 13.3. The lowest BCUT2D eigenvalue weighted by Crippen LogP contribution is -2.61. The van der Waals surface area contributed by atoms with Gasteiger partial charge in [0, 0.05) is 6.42 Å². The van der Waals surface area contributed by atoms with Crippen LogP contribution in [-0.4, -0.2) is 42.4 Å². The van der Waals surface area contributed by atoms with E-state index >= 15 is 0 Å². The number of rotatable bonds is 11. The molecule has 1 atom stereocenters. The molecule has 0 fully saturated rings. The van der Waals surface area contributed by atoms with Crippen LogP contribution in [0.5, 0.6) is 0 Å². The highest BCUT2D eigenvalue weighted by Gasteiger charge is 2.79. The largest absolute Gasteiger partial charge is 0.438 e. The molecule has 0 amide bonds. The molecule has 0 aliphatic carbocycles. The standard InChI is InChI=1S/C12H16F10O3S/c13-8(6-4-2-1-3-5-7-9(14,15)16)10(17,18)11(19,20)12(21,22)26(23,24)25/h8H,1-7H2,(H,23,24,25). The zero-order chi connectivity index (χ0) is 21.0. The number of unbranched alkanes of at least 4 members (excludes halogenated alkanes) is 4. The zero-order valence-electron chi connectivity index (χ0n) is 13.0. The molecule has 0 aromatic heterocycles. The van der Waals surface area contributed by atoms with Crippen LogP contribution in [0.3, 0.4) is 0 Å². The first-order chi connectivity index (χ1) is 11.4. The van der Waals surface area contributed by atoms with E-state index in [1.165, 1.54) is 0 Å². The maximum Gasteiger partial charge on any atom is 0.438 e. The van der Waals surface area contributed by atoms with Gasteiger partial charge in [-0.1, -0.05) is 25.7 Å². The molecule has 0 aliphatic heterocycles. The van der Waals surface area contributed by atoms with Gasteiger partial charge in [-0.05, 0) is 12.8 Å². The van der Waals surface area contributed by atoms with Crippen LogP contribution in [0.4, 0.5) is 43.9 Å². The van der Waals surface area contributed by atoms with E-state index in [0.29, 0.717) is 0 Å². The Kier molecular flexibility index (Phi) is 8.23. The van der Waals surface area contributed by atoms with Gasteiger partial charge in [0.1, 0.15) is 0 Å². The van der Waals surface area contributed by atoms with Crippen molar-refractivity contribution in [2.45, 2.75) is 74.4 Å². The van der Waals surface area contributed by atoms with Crippen molar-refractivity contribution in [2.24, 2.45) is 0 Å². The van der Waals surface area contributed by atoms with E-state index in [4.69, 9.17) is 4.55 Å². The molecule has 0 saturated heterocycles. The third-order valence-corrected chi connectivity index (χ3v) is 4.32. The van der Waals surface area contributed by atoms with E-state index in [1.807, 2.05) is 0 Å². The molecule has 1 N–H and O–H groups in total. The molecule has 0 heterocycles. The summed E-state index contributed by atoms with van der Waals surface area (Å²) in [6, 6.07) is 0. The van der Waals surface area contributed by atoms with Crippen molar-refractivity contribution in [3.8, 4) is 0 Å². The van der Waals surface area contributed by atoms with Crippen molar-refractivity contribution in [2.75, 3.05) is 0 Å². The van der Waals surface area contributed by atoms with Crippen LogP contribution in [0.1, 0.15) is 44.9 Å². The summed E-state index contributed by atoms with van der Waals surface area (Å²) in [5.41, 5.74) is 0. The average molecular weight is 430 g/mol. The predicted molar refractivity (Wildman–Crippen MR) is 69.7 cm³/mol. The summed E-state index contributed by atoms with van der Waals surface area (Å²) in [6.07, 6.45) is -11.6. The summed E-state index contributed by atoms with van der Waals surface area (Å²) in [4.78, 5) is 0. The third kappa shape index (κ3) is 6.13. The fourth-order valence-corrected chi connectivity index (χ4v) is 2.37. The summed E-state index contributed by atoms with van der Waals surface area (Å²) in [6.45, 7) is 0. The van der Waals surface area contributed by atoms with Crippen LogP contribution in [-0.2, 0) is 10.1 Å². The van der Waals surface area contributed by atoms with Crippen LogP contribution in [0.25, 0.3) is 0 Å². The van der Waals surface area contributed by atoms with Crippen molar-refractivity contribution in [3.05, 3.63) is 0 Å². The number of alkyl halides is 10. The fraction of sp³-hybridized carbons (Fsp3) is 1.00. The predicted octanol–water partition coefficient (Wildman–Crippen LogP) is 5.37. The quantitative estimate of drug-likeness (QED) is 0.273. The van der Waals surface area contributed by atoms with Gasteiger partial charge in [-0.15, -0.1) is 0 Å². The van der Waals surface area contributed by atoms with Gasteiger partial charge in [0.2, 0.25) is 0 Å². The Morgan fingerprint density at radius 2 is 1.19 bits per heavy atom. The Balaban J connectivity index is 4.63. The van der Waals surface area contributed by atoms with Gasteiger partial charge in [0.05, 0.1) is 0 Å². The highest BCUT2D eigenvalue weighted by atomic mass is 32.2. The highest BCUT2D eigenvalue weighted by molar-refractivity contribution is 7.87. The normalized spacial score (nSPS) is 16.0. The van der Waals surface area contributed by atoms with Crippen molar-refractivity contribution in [1.82, 2.24) is 0 Å². The van der Waals surface area contributed by atoms with E-state index in [1.54, 1.807) is 0 Å². The molecule has 0 rings (SSSR count). The van der Waals surface area contributed by atoms with E-state index in [2.05, 4.69) is 0 Å². The maximum atomic E-state index is 13.3. The van der Waals surface area contributed by atoms with E-state index in [-0.39, 0.29) is 25.7 Å². The van der Waals surface area contributed by atoms with E-state index in [9.17, 15) is 52.3 Å². The van der Waals surface area contributed by atoms with Crippen LogP contribution in [0.15, 0.2) is 0 Å². The molecule has 0 radical (unpaired) electrons. The minimum atomic E-state index is -6.95. The molecule has 0 spiro atoms. The van der Waals surface area contributed by atoms with Gasteiger partial charge in [-0.25, -0.2) is 4.39 Å². The van der Waals surface area contributed by atoms with Crippen LogP contribution in [0, 0.1) is 0 Å². The molecule has 26 heavy (non-hydrogen) atoms. The SMILES string of the molecule is O=S(=O)(O)C(F)(F)C(F)(F)C(F)(F)C(F)CCCCCCCC(F)(F)F. The van der Waals surface area contributed by atoms with Gasteiger partial charge in [0.15, 0.2) is 6.17 Å². The summed E-state index contributed by atoms with van der Waals surface area (Å²) in [7, 11) is -6.95. The van der Waals surface area contributed by atoms with Gasteiger partial charge >= 0.3 is 33.4 Å². The minimum Gasteiger partial charge on any atom is -0.281 e. The van der Waals surface area contributed by atoms with Crippen molar-refractivity contribution in [3.63, 3.8) is 0 Å². The first-order valence-electron chi connectivity index (χ1n) is 7.19. The van der Waals surface area contributed by atoms with E-state index < -0.39 is 58.8 Å². The van der Waals surface area contributed by atoms with Crippen LogP contribution in [0.2, 0.25) is 0 Å². The fourth-order valence-electron chi connectivity index (χ4n) is 1.91. The number of hydrogen-bond acceptors (Lipinski definition) is 2. The van der Waals surface area contributed by atoms with Gasteiger partial charge in [-0.2, -0.15) is 47.9 Å². The second-order valence-electron chi connectivity index (χ2n) is 5.58. The van der Waals surface area contributed by atoms with Gasteiger partial charge in [0.25, 0.3) is 0 Å². The third-order valence-electron chi connectivity index (χ3n) is 3.42. The summed E-state index contributed by atoms with van der Waals surface area (Å²) in [5.74, 6) is -12.8. The van der Waals surface area contributed by atoms with E-state index in [0.717, 1.165) is 0 Å². The van der Waals surface area contributed by atoms with Gasteiger partial charge in [-0.3, -0.25) is 4.55 Å². The average Bonchev–Trinajstić information content (AvgIpc) is 2.43. The molecular weight excluding hydrogens is 414 g/mol. The molecule has 1 unspecified atom stereocenters. The lowest BCUT2D eigenvalue weighted by Gasteiger charge is -2.32.